The first kappa shape index (κ1) is 12.1. The molecule has 0 aromatic carbocycles. The molecule has 1 aliphatic rings. The molecule has 0 fully saturated rings. The molecule has 0 amide bonds. The van der Waals surface area contributed by atoms with Crippen LogP contribution in [0.2, 0.25) is 0 Å². The van der Waals surface area contributed by atoms with Gasteiger partial charge in [-0.15, -0.1) is 0 Å². The van der Waals surface area contributed by atoms with E-state index >= 15 is 0 Å². The van der Waals surface area contributed by atoms with Crippen molar-refractivity contribution in [3.05, 3.63) is 41.4 Å². The Morgan fingerprint density at radius 1 is 1.47 bits per heavy atom. The van der Waals surface area contributed by atoms with Gasteiger partial charge in [0.2, 0.25) is 0 Å². The van der Waals surface area contributed by atoms with Gasteiger partial charge in [0, 0.05) is 11.9 Å². The lowest BCUT2D eigenvalue weighted by Crippen LogP contribution is -2.25. The van der Waals surface area contributed by atoms with Gasteiger partial charge in [-0.3, -0.25) is 4.98 Å². The molecule has 0 radical (unpaired) electrons. The molecule has 0 saturated heterocycles. The van der Waals surface area contributed by atoms with Gasteiger partial charge in [0.25, 0.3) is 0 Å². The highest BCUT2D eigenvalue weighted by Crippen LogP contribution is 2.25. The minimum atomic E-state index is 0.147. The summed E-state index contributed by atoms with van der Waals surface area (Å²) in [6.07, 6.45) is 6.35. The molecule has 2 rings (SSSR count). The molecule has 1 atom stereocenters. The van der Waals surface area contributed by atoms with Crippen LogP contribution in [0.3, 0.4) is 0 Å². The monoisotopic (exact) mass is 232 g/mol. The van der Waals surface area contributed by atoms with Gasteiger partial charge in [0.05, 0.1) is 12.6 Å². The van der Waals surface area contributed by atoms with Gasteiger partial charge in [0.1, 0.15) is 5.76 Å². The van der Waals surface area contributed by atoms with Crippen LogP contribution >= 0.6 is 0 Å². The van der Waals surface area contributed by atoms with Crippen LogP contribution in [-0.4, -0.2) is 18.1 Å². The minimum absolute atomic E-state index is 0.147. The summed E-state index contributed by atoms with van der Waals surface area (Å²) in [5.41, 5.74) is 2.22. The van der Waals surface area contributed by atoms with E-state index in [0.29, 0.717) is 0 Å². The molecule has 17 heavy (non-hydrogen) atoms. The topological polar surface area (TPSA) is 34.1 Å². The Balaban J connectivity index is 2.21. The Morgan fingerprint density at radius 2 is 2.35 bits per heavy atom. The van der Waals surface area contributed by atoms with Gasteiger partial charge < -0.3 is 10.1 Å². The average Bonchev–Trinajstić information content (AvgIpc) is 2.38. The summed E-state index contributed by atoms with van der Waals surface area (Å²) in [6, 6.07) is 4.31. The number of pyridine rings is 1. The van der Waals surface area contributed by atoms with Crippen molar-refractivity contribution in [2.24, 2.45) is 0 Å². The van der Waals surface area contributed by atoms with E-state index in [-0.39, 0.29) is 6.04 Å². The number of nitrogens with one attached hydrogen (secondary N) is 1. The van der Waals surface area contributed by atoms with Crippen LogP contribution in [-0.2, 0) is 4.74 Å². The summed E-state index contributed by atoms with van der Waals surface area (Å²) in [6.45, 7) is 5.85. The molecular weight excluding hydrogens is 212 g/mol. The normalized spacial score (nSPS) is 17.2. The van der Waals surface area contributed by atoms with Crippen LogP contribution in [0, 0.1) is 6.92 Å². The molecule has 3 nitrogen and oxygen atoms in total. The summed E-state index contributed by atoms with van der Waals surface area (Å²) >= 11 is 0. The highest BCUT2D eigenvalue weighted by Gasteiger charge is 2.19. The second-order valence-corrected chi connectivity index (χ2v) is 4.32. The van der Waals surface area contributed by atoms with Crippen molar-refractivity contribution in [3.8, 4) is 0 Å². The fourth-order valence-corrected chi connectivity index (χ4v) is 2.01. The molecule has 0 bridgehead atoms. The van der Waals surface area contributed by atoms with Crippen molar-refractivity contribution >= 4 is 0 Å². The number of nitrogens with zero attached hydrogens (tertiary/aromatic N) is 1. The van der Waals surface area contributed by atoms with Gasteiger partial charge in [-0.25, -0.2) is 0 Å². The highest BCUT2D eigenvalue weighted by atomic mass is 16.5. The van der Waals surface area contributed by atoms with Gasteiger partial charge in [0.15, 0.2) is 0 Å². The van der Waals surface area contributed by atoms with E-state index in [1.165, 1.54) is 5.56 Å². The number of ether oxygens (including phenoxy) is 1. The van der Waals surface area contributed by atoms with Crippen LogP contribution in [0.15, 0.2) is 30.2 Å². The first-order valence-electron chi connectivity index (χ1n) is 6.30. The molecule has 1 aromatic rings. The number of aromatic nitrogens is 1. The lowest BCUT2D eigenvalue weighted by molar-refractivity contribution is 0.168. The molecule has 0 saturated carbocycles. The average molecular weight is 232 g/mol. The van der Waals surface area contributed by atoms with E-state index < -0.39 is 0 Å². The van der Waals surface area contributed by atoms with Gasteiger partial charge in [-0.2, -0.15) is 0 Å². The quantitative estimate of drug-likeness (QED) is 0.866. The zero-order valence-corrected chi connectivity index (χ0v) is 10.6. The number of hydrogen-bond acceptors (Lipinski definition) is 3. The van der Waals surface area contributed by atoms with E-state index in [4.69, 9.17) is 4.74 Å². The van der Waals surface area contributed by atoms with E-state index in [9.17, 15) is 0 Å². The predicted octanol–water partition coefficient (Wildman–Crippen LogP) is 2.73. The first-order valence-corrected chi connectivity index (χ1v) is 6.30. The molecule has 0 aliphatic carbocycles. The first-order chi connectivity index (χ1) is 8.31. The summed E-state index contributed by atoms with van der Waals surface area (Å²) in [7, 11) is 0. The predicted molar refractivity (Wildman–Crippen MR) is 68.7 cm³/mol. The molecule has 92 valence electrons. The van der Waals surface area contributed by atoms with Crippen LogP contribution < -0.4 is 5.32 Å². The van der Waals surface area contributed by atoms with Crippen LogP contribution in [0.4, 0.5) is 0 Å². The Morgan fingerprint density at radius 3 is 2.94 bits per heavy atom. The molecule has 0 spiro atoms. The number of likely N-dealkylation sites (N-methyl/N-ethyl adjacent to an activating group) is 1. The molecule has 1 aromatic heterocycles. The molecule has 2 heterocycles. The Kier molecular flexibility index (Phi) is 4.15. The third kappa shape index (κ3) is 3.07. The zero-order valence-electron chi connectivity index (χ0n) is 10.6. The van der Waals surface area contributed by atoms with Crippen LogP contribution in [0.5, 0.6) is 0 Å². The highest BCUT2D eigenvalue weighted by molar-refractivity contribution is 5.25. The third-order valence-corrected chi connectivity index (χ3v) is 2.92. The maximum absolute atomic E-state index is 5.75. The lowest BCUT2D eigenvalue weighted by atomic mass is 10.0. The van der Waals surface area contributed by atoms with Gasteiger partial charge >= 0.3 is 0 Å². The van der Waals surface area contributed by atoms with Crippen molar-refractivity contribution in [2.45, 2.75) is 32.7 Å². The third-order valence-electron chi connectivity index (χ3n) is 2.92. The number of hydrogen-bond donors (Lipinski definition) is 1. The van der Waals surface area contributed by atoms with Crippen molar-refractivity contribution in [1.82, 2.24) is 10.3 Å². The Labute approximate surface area is 103 Å². The number of allylic oxidation sites excluding steroid dienone is 1. The van der Waals surface area contributed by atoms with Crippen molar-refractivity contribution in [2.75, 3.05) is 13.2 Å². The summed E-state index contributed by atoms with van der Waals surface area (Å²) in [5.74, 6) is 1.05. The number of rotatable bonds is 4. The van der Waals surface area contributed by atoms with Crippen molar-refractivity contribution in [1.29, 1.82) is 0 Å². The molecule has 3 heteroatoms. The smallest absolute Gasteiger partial charge is 0.113 e. The largest absolute Gasteiger partial charge is 0.496 e. The van der Waals surface area contributed by atoms with Crippen LogP contribution in [0.25, 0.3) is 0 Å². The van der Waals surface area contributed by atoms with E-state index in [1.54, 1.807) is 0 Å². The van der Waals surface area contributed by atoms with Crippen LogP contribution in [0.1, 0.15) is 37.1 Å². The molecule has 1 N–H and O–H groups in total. The Hall–Kier alpha value is -1.35. The molecule has 1 unspecified atom stereocenters. The molecular formula is C14H20N2O. The second kappa shape index (κ2) is 5.82. The van der Waals surface area contributed by atoms with Gasteiger partial charge in [-0.1, -0.05) is 13.0 Å². The summed E-state index contributed by atoms with van der Waals surface area (Å²) in [5, 5.41) is 3.45. The van der Waals surface area contributed by atoms with E-state index in [0.717, 1.165) is 37.4 Å². The Bertz CT molecular complexity index is 384. The fraction of sp³-hybridized carbons (Fsp3) is 0.500. The standard InChI is InChI=1S/C14H20N2O/c1-3-15-14(13-6-4-5-9-17-13)12-8-7-11(2)16-10-12/h6-8,10,14-15H,3-5,9H2,1-2H3. The summed E-state index contributed by atoms with van der Waals surface area (Å²) in [4.78, 5) is 4.35. The maximum atomic E-state index is 5.75. The van der Waals surface area contributed by atoms with Gasteiger partial charge in [-0.05, 0) is 44.0 Å². The summed E-state index contributed by atoms with van der Waals surface area (Å²) < 4.78 is 5.75. The fourth-order valence-electron chi connectivity index (χ4n) is 2.01. The van der Waals surface area contributed by atoms with E-state index in [1.807, 2.05) is 19.2 Å². The van der Waals surface area contributed by atoms with Crippen molar-refractivity contribution in [3.63, 3.8) is 0 Å². The zero-order chi connectivity index (χ0) is 12.1. The maximum Gasteiger partial charge on any atom is 0.113 e. The molecule has 1 aliphatic heterocycles. The van der Waals surface area contributed by atoms with Crippen molar-refractivity contribution < 1.29 is 4.74 Å². The number of aryl methyl sites for hydroxylation is 1. The second-order valence-electron chi connectivity index (χ2n) is 4.32. The lowest BCUT2D eigenvalue weighted by Gasteiger charge is -2.24. The van der Waals surface area contributed by atoms with E-state index in [2.05, 4.69) is 29.4 Å². The SMILES string of the molecule is CCNC(C1=CCCCO1)c1ccc(C)nc1. The minimum Gasteiger partial charge on any atom is -0.496 e.